The van der Waals surface area contributed by atoms with E-state index in [-0.39, 0.29) is 16.8 Å². The van der Waals surface area contributed by atoms with Gasteiger partial charge in [0.25, 0.3) is 6.43 Å². The Balaban J connectivity index is 1.27. The second kappa shape index (κ2) is 4.91. The molecule has 28 heavy (non-hydrogen) atoms. The van der Waals surface area contributed by atoms with Gasteiger partial charge in [-0.25, -0.2) is 13.8 Å². The molecule has 6 fully saturated rings. The van der Waals surface area contributed by atoms with Gasteiger partial charge in [0.2, 0.25) is 0 Å². The first kappa shape index (κ1) is 15.8. The Kier molecular flexibility index (Phi) is 2.77. The molecule has 2 aromatic rings. The molecule has 8 rings (SSSR count). The van der Waals surface area contributed by atoms with Crippen LogP contribution in [-0.2, 0) is 10.2 Å². The van der Waals surface area contributed by atoms with E-state index in [4.69, 9.17) is 15.6 Å². The van der Waals surface area contributed by atoms with Gasteiger partial charge in [-0.3, -0.25) is 9.58 Å². The number of pyridine rings is 1. The molecule has 3 aliphatic carbocycles. The number of aromatic nitrogens is 3. The van der Waals surface area contributed by atoms with E-state index in [9.17, 15) is 8.78 Å². The van der Waals surface area contributed by atoms with Crippen molar-refractivity contribution in [2.45, 2.75) is 42.8 Å². The smallest absolute Gasteiger partial charge is 0.267 e. The lowest BCUT2D eigenvalue weighted by Gasteiger charge is -2.34. The summed E-state index contributed by atoms with van der Waals surface area (Å²) in [6, 6.07) is 5.23. The molecule has 3 saturated carbocycles. The van der Waals surface area contributed by atoms with E-state index in [1.807, 2.05) is 0 Å². The van der Waals surface area contributed by atoms with Gasteiger partial charge in [0.05, 0.1) is 36.6 Å². The minimum atomic E-state index is -2.64. The number of halogens is 2. The molecule has 146 valence electrons. The number of ether oxygens (including phenoxy) is 1. The highest BCUT2D eigenvalue weighted by Gasteiger charge is 2.94. The fourth-order valence-corrected chi connectivity index (χ4v) is 5.90. The molecule has 0 amide bonds. The van der Waals surface area contributed by atoms with Crippen LogP contribution in [0.1, 0.15) is 36.6 Å². The van der Waals surface area contributed by atoms with E-state index < -0.39 is 6.43 Å². The van der Waals surface area contributed by atoms with Gasteiger partial charge in [-0.1, -0.05) is 0 Å². The summed E-state index contributed by atoms with van der Waals surface area (Å²) in [4.78, 5) is 6.63. The fraction of sp³-hybridized carbons (Fsp3) is 0.600. The Labute approximate surface area is 160 Å². The number of nitrogens with zero attached hydrogens (tertiary/aromatic N) is 4. The molecule has 8 heteroatoms. The SMILES string of the molecule is Nc1ncc(-c2cc([C@@]34C5[C@H]3[C@H]4CN5C3COC3)n(C3CC3)n2)cc1C(F)F. The highest BCUT2D eigenvalue weighted by atomic mass is 19.3. The molecule has 3 saturated heterocycles. The third kappa shape index (κ3) is 1.79. The van der Waals surface area contributed by atoms with Crippen LogP contribution < -0.4 is 5.73 Å². The maximum atomic E-state index is 13.3. The average Bonchev–Trinajstić information content (AvgIpc) is 3.57. The van der Waals surface area contributed by atoms with E-state index in [0.717, 1.165) is 50.1 Å². The number of rotatable bonds is 5. The highest BCUT2D eigenvalue weighted by molar-refractivity contribution is 5.65. The predicted molar refractivity (Wildman–Crippen MR) is 96.9 cm³/mol. The van der Waals surface area contributed by atoms with Crippen LogP contribution in [0.2, 0.25) is 0 Å². The molecular formula is C20H21F2N5O. The molecule has 5 heterocycles. The predicted octanol–water partition coefficient (Wildman–Crippen LogP) is 2.38. The quantitative estimate of drug-likeness (QED) is 0.856. The minimum absolute atomic E-state index is 0.111. The molecule has 4 atom stereocenters. The maximum Gasteiger partial charge on any atom is 0.267 e. The molecule has 0 aromatic carbocycles. The van der Waals surface area contributed by atoms with Gasteiger partial charge in [-0.15, -0.1) is 0 Å². The van der Waals surface area contributed by atoms with Crippen LogP contribution in [-0.4, -0.2) is 51.5 Å². The van der Waals surface area contributed by atoms with Crippen molar-refractivity contribution in [3.63, 3.8) is 0 Å². The first-order chi connectivity index (χ1) is 13.6. The van der Waals surface area contributed by atoms with E-state index in [1.165, 1.54) is 11.8 Å². The minimum Gasteiger partial charge on any atom is -0.383 e. The van der Waals surface area contributed by atoms with Crippen molar-refractivity contribution in [2.75, 3.05) is 25.5 Å². The van der Waals surface area contributed by atoms with Crippen molar-refractivity contribution >= 4 is 5.82 Å². The summed E-state index contributed by atoms with van der Waals surface area (Å²) in [6.45, 7) is 2.87. The van der Waals surface area contributed by atoms with Crippen LogP contribution in [0, 0.1) is 11.8 Å². The summed E-state index contributed by atoms with van der Waals surface area (Å²) in [6.07, 6.45) is 1.21. The van der Waals surface area contributed by atoms with Crippen LogP contribution in [0.3, 0.4) is 0 Å². The molecular weight excluding hydrogens is 364 g/mol. The van der Waals surface area contributed by atoms with E-state index in [0.29, 0.717) is 23.7 Å². The van der Waals surface area contributed by atoms with Gasteiger partial charge in [-0.05, 0) is 36.8 Å². The summed E-state index contributed by atoms with van der Waals surface area (Å²) in [5, 5.41) is 4.85. The molecule has 0 spiro atoms. The van der Waals surface area contributed by atoms with Crippen LogP contribution in [0.5, 0.6) is 0 Å². The van der Waals surface area contributed by atoms with Crippen LogP contribution in [0.25, 0.3) is 11.3 Å². The summed E-state index contributed by atoms with van der Waals surface area (Å²) in [5.74, 6) is 1.36. The number of nitrogen functional groups attached to an aromatic ring is 1. The first-order valence-corrected chi connectivity index (χ1v) is 10.1. The molecule has 2 aromatic heterocycles. The Morgan fingerprint density at radius 2 is 2.04 bits per heavy atom. The van der Waals surface area contributed by atoms with Gasteiger partial charge >= 0.3 is 0 Å². The van der Waals surface area contributed by atoms with E-state index in [2.05, 4.69) is 20.6 Å². The van der Waals surface area contributed by atoms with Crippen molar-refractivity contribution in [1.82, 2.24) is 19.7 Å². The average molecular weight is 385 g/mol. The van der Waals surface area contributed by atoms with E-state index in [1.54, 1.807) is 6.20 Å². The standard InChI is InChI=1S/C20H21F2N5O/c21-18(22)12-3-9(5-24-19(12)23)14-4-15(27(25-14)10-1-2-10)20-13-6-26(11-7-28-8-11)17(20)16(13)20/h3-5,10-11,13,16-18H,1-2,6-8H2,(H2,23,24)/t13-,16-,17?,20-/m1/s1. The largest absolute Gasteiger partial charge is 0.383 e. The Morgan fingerprint density at radius 3 is 2.68 bits per heavy atom. The normalized spacial score (nSPS) is 35.9. The van der Waals surface area contributed by atoms with Crippen LogP contribution >= 0.6 is 0 Å². The van der Waals surface area contributed by atoms with Crippen LogP contribution in [0.4, 0.5) is 14.6 Å². The van der Waals surface area contributed by atoms with Crippen molar-refractivity contribution in [2.24, 2.45) is 11.8 Å². The zero-order valence-electron chi connectivity index (χ0n) is 15.3. The monoisotopic (exact) mass is 385 g/mol. The third-order valence-electron chi connectivity index (χ3n) is 7.62. The number of hydrogen-bond donors (Lipinski definition) is 1. The maximum absolute atomic E-state index is 13.3. The van der Waals surface area contributed by atoms with Gasteiger partial charge in [0.15, 0.2) is 0 Å². The third-order valence-corrected chi connectivity index (χ3v) is 7.62. The Hall–Kier alpha value is -2.06. The highest BCUT2D eigenvalue weighted by Crippen LogP contribution is 2.86. The lowest BCUT2D eigenvalue weighted by Crippen LogP contribution is -2.48. The van der Waals surface area contributed by atoms with Crippen molar-refractivity contribution in [3.8, 4) is 11.3 Å². The van der Waals surface area contributed by atoms with Gasteiger partial charge in [0.1, 0.15) is 5.82 Å². The second-order valence-electron chi connectivity index (χ2n) is 8.99. The van der Waals surface area contributed by atoms with Gasteiger partial charge < -0.3 is 10.5 Å². The van der Waals surface area contributed by atoms with E-state index >= 15 is 0 Å². The zero-order chi connectivity index (χ0) is 18.8. The number of nitrogens with two attached hydrogens (primary N) is 1. The molecule has 1 unspecified atom stereocenters. The second-order valence-corrected chi connectivity index (χ2v) is 8.99. The fourth-order valence-electron chi connectivity index (χ4n) is 5.90. The first-order valence-electron chi connectivity index (χ1n) is 10.1. The van der Waals surface area contributed by atoms with Crippen molar-refractivity contribution in [1.29, 1.82) is 0 Å². The molecule has 0 radical (unpaired) electrons. The molecule has 6 aliphatic rings. The molecule has 2 N–H and O–H groups in total. The number of piperidine rings is 1. The summed E-state index contributed by atoms with van der Waals surface area (Å²) < 4.78 is 34.1. The molecule has 2 bridgehead atoms. The topological polar surface area (TPSA) is 69.2 Å². The molecule has 6 nitrogen and oxygen atoms in total. The van der Waals surface area contributed by atoms with Crippen molar-refractivity contribution < 1.29 is 13.5 Å². The summed E-state index contributed by atoms with van der Waals surface area (Å²) in [7, 11) is 0. The molecule has 3 aliphatic heterocycles. The summed E-state index contributed by atoms with van der Waals surface area (Å²) in [5.41, 5.74) is 8.32. The van der Waals surface area contributed by atoms with Crippen molar-refractivity contribution in [3.05, 3.63) is 29.6 Å². The Morgan fingerprint density at radius 1 is 1.21 bits per heavy atom. The Bertz CT molecular complexity index is 994. The number of fused-ring (bicyclic) bond motifs is 1. The lowest BCUT2D eigenvalue weighted by molar-refractivity contribution is -0.0601. The van der Waals surface area contributed by atoms with Crippen LogP contribution in [0.15, 0.2) is 18.3 Å². The summed E-state index contributed by atoms with van der Waals surface area (Å²) >= 11 is 0. The number of anilines is 1. The van der Waals surface area contributed by atoms with Gasteiger partial charge in [-0.2, -0.15) is 5.10 Å². The number of alkyl halides is 2. The zero-order valence-corrected chi connectivity index (χ0v) is 15.3. The van der Waals surface area contributed by atoms with Gasteiger partial charge in [0, 0.05) is 35.5 Å². The lowest BCUT2D eigenvalue weighted by atomic mass is 10.0. The number of hydrogen-bond acceptors (Lipinski definition) is 5.